The highest BCUT2D eigenvalue weighted by Gasteiger charge is 2.42. The van der Waals surface area contributed by atoms with Gasteiger partial charge in [-0.3, -0.25) is 0 Å². The van der Waals surface area contributed by atoms with E-state index in [2.05, 4.69) is 177 Å². The Morgan fingerprint density at radius 1 is 0.333 bits per heavy atom. The molecule has 2 heteroatoms. The number of hydrogen-bond acceptors (Lipinski definition) is 0. The Morgan fingerprint density at radius 3 is 0.833 bits per heavy atom. The van der Waals surface area contributed by atoms with Gasteiger partial charge in [-0.1, -0.05) is 167 Å². The second-order valence-corrected chi connectivity index (χ2v) is 26.7. The molecule has 0 saturated carbocycles. The Labute approximate surface area is 331 Å². The van der Waals surface area contributed by atoms with E-state index in [4.69, 9.17) is 0 Å². The van der Waals surface area contributed by atoms with Gasteiger partial charge in [0.05, 0.1) is 0 Å². The van der Waals surface area contributed by atoms with Crippen LogP contribution in [0.15, 0.2) is 84.9 Å². The minimum Gasteiger partial charge on any atom is -0.125 e. The first-order valence-electron chi connectivity index (χ1n) is 19.3. The predicted molar refractivity (Wildman–Crippen MR) is 240 cm³/mol. The maximum absolute atomic E-state index is 3.82. The lowest BCUT2D eigenvalue weighted by Crippen LogP contribution is -2.43. The van der Waals surface area contributed by atoms with Gasteiger partial charge < -0.3 is 0 Å². The molecule has 0 fully saturated rings. The van der Waals surface area contributed by atoms with Crippen LogP contribution in [0.2, 0.25) is 33.2 Å². The lowest BCUT2D eigenvalue weighted by atomic mass is 10.1. The Kier molecular flexibility index (Phi) is 16.7. The fourth-order valence-electron chi connectivity index (χ4n) is 7.90. The Bertz CT molecular complexity index is 2200. The molecule has 0 N–H and O–H groups in total. The quantitative estimate of drug-likeness (QED) is 0.175. The molecule has 0 heterocycles. The van der Waals surface area contributed by atoms with Gasteiger partial charge in [-0.25, -0.2) is 0 Å². The fraction of sp³-hybridized carbons (Fsp3) is 0.346. The third-order valence-corrected chi connectivity index (χ3v) is 23.2. The Hall–Kier alpha value is -5.25. The van der Waals surface area contributed by atoms with Crippen molar-refractivity contribution in [1.82, 2.24) is 0 Å². The van der Waals surface area contributed by atoms with E-state index in [9.17, 15) is 0 Å². The van der Waals surface area contributed by atoms with E-state index in [0.29, 0.717) is 33.2 Å². The van der Waals surface area contributed by atoms with E-state index in [0.717, 1.165) is 33.4 Å². The van der Waals surface area contributed by atoms with Crippen molar-refractivity contribution in [3.05, 3.63) is 118 Å². The summed E-state index contributed by atoms with van der Waals surface area (Å²) in [6.45, 7) is 28.0. The number of rotatable bonds is 6. The van der Waals surface area contributed by atoms with Gasteiger partial charge in [0.2, 0.25) is 0 Å². The van der Waals surface area contributed by atoms with E-state index < -0.39 is 16.1 Å². The zero-order valence-electron chi connectivity index (χ0n) is 34.5. The van der Waals surface area contributed by atoms with Crippen molar-refractivity contribution < 1.29 is 0 Å². The number of benzene rings is 3. The van der Waals surface area contributed by atoms with Crippen molar-refractivity contribution in [2.24, 2.45) is 0 Å². The minimum absolute atomic E-state index is 0.575. The summed E-state index contributed by atoms with van der Waals surface area (Å²) in [6, 6.07) is 24.1. The van der Waals surface area contributed by atoms with Gasteiger partial charge in [0.15, 0.2) is 0 Å². The lowest BCUT2D eigenvalue weighted by Gasteiger charge is -2.38. The molecule has 0 aromatic heterocycles. The van der Waals surface area contributed by atoms with Crippen LogP contribution in [0.4, 0.5) is 0 Å². The standard InChI is InChI=1S/C52H56Si2/c1-41(2)53(42(3)4,43(5)6)39-37-51-35-25-23-33-49(51)29-19-15-13-17-27-47-31-21-22-32-48(47)28-18-14-16-20-30-50-34-24-26-36-52(50)38-40-54(44(7)8,45(9)10)46(11)12/h13,15,21-26,31-36,41-46H,1-12H3/b15-13+. The molecular formula is C52H56Si2. The molecule has 272 valence electrons. The van der Waals surface area contributed by atoms with Crippen molar-refractivity contribution in [3.63, 3.8) is 0 Å². The second-order valence-electron chi connectivity index (χ2n) is 15.6. The van der Waals surface area contributed by atoms with Crippen LogP contribution in [0, 0.1) is 82.1 Å². The molecule has 0 spiro atoms. The highest BCUT2D eigenvalue weighted by molar-refractivity contribution is 6.91. The monoisotopic (exact) mass is 736 g/mol. The van der Waals surface area contributed by atoms with Crippen molar-refractivity contribution in [2.75, 3.05) is 0 Å². The van der Waals surface area contributed by atoms with E-state index >= 15 is 0 Å². The van der Waals surface area contributed by atoms with Gasteiger partial charge in [0, 0.05) is 33.4 Å². The molecule has 3 aromatic rings. The van der Waals surface area contributed by atoms with Crippen molar-refractivity contribution >= 4 is 16.1 Å². The SMILES string of the molecule is CC(C)[Si](C#Cc1ccccc1C#CC#CC#Cc1ccccc1C#C/C=C/C#Cc1ccccc1C#C[Si](C(C)C)(C(C)C)C(C)C)(C(C)C)C(C)C. The lowest BCUT2D eigenvalue weighted by molar-refractivity contribution is 0.838. The van der Waals surface area contributed by atoms with Crippen LogP contribution >= 0.6 is 0 Å². The molecule has 0 amide bonds. The zero-order valence-corrected chi connectivity index (χ0v) is 36.5. The third-order valence-electron chi connectivity index (χ3n) is 10.6. The molecule has 3 rings (SSSR count). The molecule has 0 aliphatic heterocycles. The topological polar surface area (TPSA) is 0 Å². The largest absolute Gasteiger partial charge is 0.146 e. The van der Waals surface area contributed by atoms with Gasteiger partial charge in [0.1, 0.15) is 16.1 Å². The first-order chi connectivity index (χ1) is 25.8. The first-order valence-corrected chi connectivity index (χ1v) is 23.8. The fourth-order valence-corrected chi connectivity index (χ4v) is 18.3. The van der Waals surface area contributed by atoms with Crippen molar-refractivity contribution in [1.29, 1.82) is 0 Å². The van der Waals surface area contributed by atoms with Gasteiger partial charge in [-0.05, 0) is 105 Å². The summed E-state index contributed by atoms with van der Waals surface area (Å²) in [5, 5.41) is 0. The van der Waals surface area contributed by atoms with Gasteiger partial charge in [-0.15, -0.1) is 11.1 Å². The van der Waals surface area contributed by atoms with Crippen LogP contribution in [0.5, 0.6) is 0 Å². The van der Waals surface area contributed by atoms with Gasteiger partial charge in [0.25, 0.3) is 0 Å². The van der Waals surface area contributed by atoms with E-state index in [-0.39, 0.29) is 0 Å². The molecule has 0 unspecified atom stereocenters. The minimum atomic E-state index is -1.84. The average molecular weight is 737 g/mol. The van der Waals surface area contributed by atoms with Crippen LogP contribution < -0.4 is 0 Å². The Morgan fingerprint density at radius 2 is 0.574 bits per heavy atom. The maximum atomic E-state index is 3.82. The highest BCUT2D eigenvalue weighted by Crippen LogP contribution is 2.42. The van der Waals surface area contributed by atoms with Crippen LogP contribution in [0.1, 0.15) is 116 Å². The van der Waals surface area contributed by atoms with E-state index in [1.54, 1.807) is 12.2 Å². The van der Waals surface area contributed by atoms with Crippen molar-refractivity contribution in [3.8, 4) is 82.1 Å². The Balaban J connectivity index is 1.77. The average Bonchev–Trinajstić information content (AvgIpc) is 3.12. The third kappa shape index (κ3) is 11.1. The molecule has 0 aliphatic rings. The van der Waals surface area contributed by atoms with Crippen LogP contribution in [-0.4, -0.2) is 16.1 Å². The summed E-state index contributed by atoms with van der Waals surface area (Å²) < 4.78 is 0. The van der Waals surface area contributed by atoms with Crippen LogP contribution in [-0.2, 0) is 0 Å². The summed E-state index contributed by atoms with van der Waals surface area (Å²) >= 11 is 0. The zero-order chi connectivity index (χ0) is 39.7. The molecule has 0 bridgehead atoms. The molecular weight excluding hydrogens is 681 g/mol. The van der Waals surface area contributed by atoms with E-state index in [1.165, 1.54) is 0 Å². The molecule has 3 aromatic carbocycles. The van der Waals surface area contributed by atoms with Gasteiger partial charge in [-0.2, -0.15) is 0 Å². The summed E-state index contributed by atoms with van der Waals surface area (Å²) in [6.07, 6.45) is 3.56. The summed E-state index contributed by atoms with van der Waals surface area (Å²) in [7, 11) is -3.68. The van der Waals surface area contributed by atoms with Crippen LogP contribution in [0.25, 0.3) is 0 Å². The molecule has 0 aliphatic carbocycles. The molecule has 0 saturated heterocycles. The number of hydrogen-bond donors (Lipinski definition) is 0. The smallest absolute Gasteiger partial charge is 0.125 e. The van der Waals surface area contributed by atoms with Gasteiger partial charge >= 0.3 is 0 Å². The summed E-state index contributed by atoms with van der Waals surface area (Å²) in [5.41, 5.74) is 16.5. The first kappa shape index (κ1) is 43.2. The summed E-state index contributed by atoms with van der Waals surface area (Å²) in [5.74, 6) is 37.9. The van der Waals surface area contributed by atoms with Crippen LogP contribution in [0.3, 0.4) is 0 Å². The molecule has 0 radical (unpaired) electrons. The molecule has 0 nitrogen and oxygen atoms in total. The normalized spacial score (nSPS) is 10.9. The maximum Gasteiger partial charge on any atom is 0.146 e. The predicted octanol–water partition coefficient (Wildman–Crippen LogP) is 12.2. The summed E-state index contributed by atoms with van der Waals surface area (Å²) in [4.78, 5) is 0. The van der Waals surface area contributed by atoms with E-state index in [1.807, 2.05) is 60.7 Å². The number of allylic oxidation sites excluding steroid dienone is 2. The molecule has 54 heavy (non-hydrogen) atoms. The molecule has 0 atom stereocenters. The second kappa shape index (κ2) is 20.9. The highest BCUT2D eigenvalue weighted by atomic mass is 28.3. The van der Waals surface area contributed by atoms with Crippen molar-refractivity contribution in [2.45, 2.75) is 116 Å².